The second kappa shape index (κ2) is 6.45. The van der Waals surface area contributed by atoms with Crippen LogP contribution in [0.2, 0.25) is 0 Å². The zero-order valence-corrected chi connectivity index (χ0v) is 17.4. The first-order chi connectivity index (χ1) is 13.6. The van der Waals surface area contributed by atoms with Gasteiger partial charge in [-0.3, -0.25) is 4.79 Å². The van der Waals surface area contributed by atoms with Crippen molar-refractivity contribution in [2.75, 3.05) is 0 Å². The Kier molecular flexibility index (Phi) is 4.26. The molecule has 4 rings (SSSR count). The summed E-state index contributed by atoms with van der Waals surface area (Å²) >= 11 is 0. The Morgan fingerprint density at radius 2 is 1.31 bits per heavy atom. The topological polar surface area (TPSA) is 55.4 Å². The Bertz CT molecular complexity index is 1230. The normalized spacial score (nSPS) is 12.6. The lowest BCUT2D eigenvalue weighted by Crippen LogP contribution is -2.52. The van der Waals surface area contributed by atoms with Gasteiger partial charge in [-0.05, 0) is 73.0 Å². The Hall–Kier alpha value is -3.14. The van der Waals surface area contributed by atoms with E-state index in [-0.39, 0.29) is 5.91 Å². The molecular formula is C25H25NO3. The summed E-state index contributed by atoms with van der Waals surface area (Å²) in [5.74, 6) is -0.755. The molecule has 148 valence electrons. The van der Waals surface area contributed by atoms with E-state index in [1.54, 1.807) is 13.8 Å². The van der Waals surface area contributed by atoms with Gasteiger partial charge in [-0.25, -0.2) is 4.79 Å². The Labute approximate surface area is 170 Å². The molecule has 0 aromatic heterocycles. The molecule has 0 saturated carbocycles. The van der Waals surface area contributed by atoms with Crippen molar-refractivity contribution in [1.82, 2.24) is 5.32 Å². The number of hydrogen-bond donors (Lipinski definition) is 1. The quantitative estimate of drug-likeness (QED) is 0.376. The standard InChI is InChI=1S/C25H25NO3/c1-24(2,3)29-23(28)25(4,5)26-22(27)19-14-12-17-10-9-15-7-6-8-16-11-13-18(19)21(17)20(15)16/h6-14H,1-5H3,(H,26,27). The van der Waals surface area contributed by atoms with Gasteiger partial charge in [0.05, 0.1) is 0 Å². The smallest absolute Gasteiger partial charge is 0.331 e. The number of nitrogens with one attached hydrogen (secondary N) is 1. The van der Waals surface area contributed by atoms with E-state index in [9.17, 15) is 9.59 Å². The minimum atomic E-state index is -1.14. The van der Waals surface area contributed by atoms with Crippen LogP contribution in [0.15, 0.2) is 54.6 Å². The van der Waals surface area contributed by atoms with E-state index < -0.39 is 17.1 Å². The molecule has 0 heterocycles. The molecule has 0 radical (unpaired) electrons. The number of hydrogen-bond acceptors (Lipinski definition) is 3. The number of rotatable bonds is 3. The van der Waals surface area contributed by atoms with Gasteiger partial charge in [0.1, 0.15) is 11.1 Å². The fourth-order valence-corrected chi connectivity index (χ4v) is 3.74. The van der Waals surface area contributed by atoms with Crippen molar-refractivity contribution in [2.45, 2.75) is 45.8 Å². The summed E-state index contributed by atoms with van der Waals surface area (Å²) in [6.45, 7) is 8.75. The van der Waals surface area contributed by atoms with Gasteiger partial charge in [0.2, 0.25) is 0 Å². The molecule has 0 aliphatic heterocycles. The van der Waals surface area contributed by atoms with Crippen molar-refractivity contribution in [1.29, 1.82) is 0 Å². The second-order valence-electron chi connectivity index (χ2n) is 9.05. The van der Waals surface area contributed by atoms with E-state index in [0.29, 0.717) is 5.56 Å². The van der Waals surface area contributed by atoms with Crippen molar-refractivity contribution < 1.29 is 14.3 Å². The van der Waals surface area contributed by atoms with Gasteiger partial charge in [-0.15, -0.1) is 0 Å². The molecule has 4 nitrogen and oxygen atoms in total. The van der Waals surface area contributed by atoms with Gasteiger partial charge >= 0.3 is 5.97 Å². The number of carbonyl (C=O) groups excluding carboxylic acids is 2. The van der Waals surface area contributed by atoms with E-state index in [0.717, 1.165) is 32.3 Å². The summed E-state index contributed by atoms with van der Waals surface area (Å²) in [6.07, 6.45) is 0. The third-order valence-electron chi connectivity index (χ3n) is 5.11. The zero-order chi connectivity index (χ0) is 21.0. The van der Waals surface area contributed by atoms with E-state index >= 15 is 0 Å². The zero-order valence-electron chi connectivity index (χ0n) is 17.4. The molecule has 1 amide bonds. The summed E-state index contributed by atoms with van der Waals surface area (Å²) in [5.41, 5.74) is -1.21. The molecule has 0 aliphatic carbocycles. The molecule has 0 fully saturated rings. The number of ether oxygens (including phenoxy) is 1. The minimum absolute atomic E-state index is 0.293. The lowest BCUT2D eigenvalue weighted by Gasteiger charge is -2.29. The van der Waals surface area contributed by atoms with Crippen LogP contribution in [-0.4, -0.2) is 23.0 Å². The summed E-state index contributed by atoms with van der Waals surface area (Å²) in [6, 6.07) is 18.2. The Balaban J connectivity index is 1.78. The van der Waals surface area contributed by atoms with Crippen LogP contribution < -0.4 is 5.32 Å². The largest absolute Gasteiger partial charge is 0.458 e. The van der Waals surface area contributed by atoms with E-state index in [1.165, 1.54) is 0 Å². The molecule has 0 bridgehead atoms. The van der Waals surface area contributed by atoms with Crippen molar-refractivity contribution in [3.05, 3.63) is 60.2 Å². The van der Waals surface area contributed by atoms with Gasteiger partial charge in [0.25, 0.3) is 5.91 Å². The molecule has 0 atom stereocenters. The molecule has 0 aliphatic rings. The Morgan fingerprint density at radius 3 is 1.93 bits per heavy atom. The van der Waals surface area contributed by atoms with Crippen molar-refractivity contribution in [2.24, 2.45) is 0 Å². The maximum absolute atomic E-state index is 13.2. The fourth-order valence-electron chi connectivity index (χ4n) is 3.74. The average molecular weight is 387 g/mol. The van der Waals surface area contributed by atoms with E-state index in [2.05, 4.69) is 29.6 Å². The van der Waals surface area contributed by atoms with Gasteiger partial charge in [-0.1, -0.05) is 48.5 Å². The monoisotopic (exact) mass is 387 g/mol. The van der Waals surface area contributed by atoms with Crippen LogP contribution in [-0.2, 0) is 9.53 Å². The van der Waals surface area contributed by atoms with Crippen molar-refractivity contribution in [3.63, 3.8) is 0 Å². The lowest BCUT2D eigenvalue weighted by molar-refractivity contribution is -0.161. The minimum Gasteiger partial charge on any atom is -0.458 e. The summed E-state index contributed by atoms with van der Waals surface area (Å²) < 4.78 is 5.47. The van der Waals surface area contributed by atoms with Gasteiger partial charge in [0, 0.05) is 5.56 Å². The van der Waals surface area contributed by atoms with Crippen LogP contribution in [0.25, 0.3) is 32.3 Å². The molecule has 29 heavy (non-hydrogen) atoms. The first-order valence-corrected chi connectivity index (χ1v) is 9.79. The van der Waals surface area contributed by atoms with Gasteiger partial charge in [0.15, 0.2) is 0 Å². The fraction of sp³-hybridized carbons (Fsp3) is 0.280. The predicted molar refractivity (Wildman–Crippen MR) is 118 cm³/mol. The molecular weight excluding hydrogens is 362 g/mol. The Morgan fingerprint density at radius 1 is 0.759 bits per heavy atom. The van der Waals surface area contributed by atoms with Crippen LogP contribution in [0.5, 0.6) is 0 Å². The highest BCUT2D eigenvalue weighted by Crippen LogP contribution is 2.36. The first kappa shape index (κ1) is 19.2. The molecule has 4 heteroatoms. The number of benzene rings is 4. The third-order valence-corrected chi connectivity index (χ3v) is 5.11. The molecule has 4 aromatic carbocycles. The summed E-state index contributed by atoms with van der Waals surface area (Å²) in [5, 5.41) is 9.34. The highest BCUT2D eigenvalue weighted by molar-refractivity contribution is 6.26. The van der Waals surface area contributed by atoms with Crippen LogP contribution in [0, 0.1) is 0 Å². The molecule has 1 N–H and O–H groups in total. The number of carbonyl (C=O) groups is 2. The van der Waals surface area contributed by atoms with Crippen molar-refractivity contribution >= 4 is 44.2 Å². The van der Waals surface area contributed by atoms with Crippen LogP contribution in [0.3, 0.4) is 0 Å². The summed E-state index contributed by atoms with van der Waals surface area (Å²) in [7, 11) is 0. The molecule has 0 spiro atoms. The number of amides is 1. The summed E-state index contributed by atoms with van der Waals surface area (Å²) in [4.78, 5) is 25.7. The molecule has 0 saturated heterocycles. The van der Waals surface area contributed by atoms with Gasteiger partial charge in [-0.2, -0.15) is 0 Å². The second-order valence-corrected chi connectivity index (χ2v) is 9.05. The SMILES string of the molecule is CC(C)(C)OC(=O)C(C)(C)NC(=O)c1ccc2ccc3cccc4ccc1c2c34. The highest BCUT2D eigenvalue weighted by atomic mass is 16.6. The maximum Gasteiger partial charge on any atom is 0.331 e. The first-order valence-electron chi connectivity index (χ1n) is 9.79. The van der Waals surface area contributed by atoms with E-state index in [4.69, 9.17) is 4.74 Å². The van der Waals surface area contributed by atoms with E-state index in [1.807, 2.05) is 51.1 Å². The van der Waals surface area contributed by atoms with Crippen molar-refractivity contribution in [3.8, 4) is 0 Å². The van der Waals surface area contributed by atoms with Gasteiger partial charge < -0.3 is 10.1 Å². The average Bonchev–Trinajstić information content (AvgIpc) is 2.64. The number of esters is 1. The lowest BCUT2D eigenvalue weighted by atomic mass is 9.91. The molecule has 0 unspecified atom stereocenters. The van der Waals surface area contributed by atoms with Crippen LogP contribution in [0.1, 0.15) is 45.0 Å². The molecule has 4 aromatic rings. The van der Waals surface area contributed by atoms with Crippen LogP contribution >= 0.6 is 0 Å². The maximum atomic E-state index is 13.2. The predicted octanol–water partition coefficient (Wildman–Crippen LogP) is 5.43. The highest BCUT2D eigenvalue weighted by Gasteiger charge is 2.34. The van der Waals surface area contributed by atoms with Crippen LogP contribution in [0.4, 0.5) is 0 Å². The third kappa shape index (κ3) is 3.39.